The van der Waals surface area contributed by atoms with Crippen molar-refractivity contribution in [1.82, 2.24) is 9.97 Å². The third kappa shape index (κ3) is 2.90. The van der Waals surface area contributed by atoms with Crippen LogP contribution < -0.4 is 21.3 Å². The summed E-state index contributed by atoms with van der Waals surface area (Å²) in [6.07, 6.45) is 0.900. The molecule has 0 amide bonds. The van der Waals surface area contributed by atoms with Crippen molar-refractivity contribution >= 4 is 29.4 Å². The molecule has 23 heavy (non-hydrogen) atoms. The summed E-state index contributed by atoms with van der Waals surface area (Å²) in [7, 11) is 0. The number of nitrogens with two attached hydrogens (primary N) is 2. The standard InChI is InChI=1S/C16H20N6O/c1-11-14(15(17)20-16(18)19-11)22-8-6-21(7-9-22)13-5-3-2-4-12(13)10-23/h2-5,10H,6-9H2,1H3,(H4,17,18,19,20). The van der Waals surface area contributed by atoms with Crippen LogP contribution in [0.5, 0.6) is 0 Å². The molecule has 0 bridgehead atoms. The van der Waals surface area contributed by atoms with Gasteiger partial charge in [0.25, 0.3) is 0 Å². The van der Waals surface area contributed by atoms with Gasteiger partial charge in [0.2, 0.25) is 5.95 Å². The molecule has 1 saturated heterocycles. The number of aromatic nitrogens is 2. The minimum atomic E-state index is 0.197. The molecule has 1 aromatic carbocycles. The normalized spacial score (nSPS) is 14.8. The highest BCUT2D eigenvalue weighted by Gasteiger charge is 2.22. The Kier molecular flexibility index (Phi) is 4.01. The van der Waals surface area contributed by atoms with Crippen LogP contribution in [0.2, 0.25) is 0 Å². The van der Waals surface area contributed by atoms with Gasteiger partial charge in [-0.1, -0.05) is 12.1 Å². The van der Waals surface area contributed by atoms with Gasteiger partial charge in [0, 0.05) is 37.4 Å². The molecule has 0 saturated carbocycles. The first-order chi connectivity index (χ1) is 11.1. The number of rotatable bonds is 3. The number of hydrogen-bond acceptors (Lipinski definition) is 7. The highest BCUT2D eigenvalue weighted by Crippen LogP contribution is 2.28. The predicted molar refractivity (Wildman–Crippen MR) is 91.8 cm³/mol. The molecule has 0 radical (unpaired) electrons. The van der Waals surface area contributed by atoms with Crippen LogP contribution in [-0.4, -0.2) is 42.4 Å². The van der Waals surface area contributed by atoms with E-state index in [1.165, 1.54) is 0 Å². The highest BCUT2D eigenvalue weighted by atomic mass is 16.1. The number of hydrogen-bond donors (Lipinski definition) is 2. The number of benzene rings is 1. The Labute approximate surface area is 134 Å². The number of anilines is 4. The first-order valence-electron chi connectivity index (χ1n) is 7.54. The summed E-state index contributed by atoms with van der Waals surface area (Å²) in [5, 5.41) is 0. The minimum absolute atomic E-state index is 0.197. The van der Waals surface area contributed by atoms with E-state index in [1.54, 1.807) is 0 Å². The van der Waals surface area contributed by atoms with E-state index in [4.69, 9.17) is 11.5 Å². The fraction of sp³-hybridized carbons (Fsp3) is 0.312. The fourth-order valence-corrected chi connectivity index (χ4v) is 3.05. The molecule has 0 atom stereocenters. The topological polar surface area (TPSA) is 101 Å². The maximum atomic E-state index is 11.2. The number of piperazine rings is 1. The quantitative estimate of drug-likeness (QED) is 0.818. The van der Waals surface area contributed by atoms with Gasteiger partial charge in [-0.15, -0.1) is 0 Å². The first kappa shape index (κ1) is 15.1. The van der Waals surface area contributed by atoms with Crippen molar-refractivity contribution in [3.05, 3.63) is 35.5 Å². The summed E-state index contributed by atoms with van der Waals surface area (Å²) in [5.41, 5.74) is 15.0. The second kappa shape index (κ2) is 6.12. The molecule has 4 N–H and O–H groups in total. The van der Waals surface area contributed by atoms with E-state index in [9.17, 15) is 4.79 Å². The Bertz CT molecular complexity index is 701. The van der Waals surface area contributed by atoms with Gasteiger partial charge >= 0.3 is 0 Å². The van der Waals surface area contributed by atoms with Gasteiger partial charge < -0.3 is 21.3 Å². The summed E-state index contributed by atoms with van der Waals surface area (Å²) in [4.78, 5) is 23.8. The minimum Gasteiger partial charge on any atom is -0.382 e. The summed E-state index contributed by atoms with van der Waals surface area (Å²) in [5.74, 6) is 0.610. The smallest absolute Gasteiger partial charge is 0.222 e. The molecule has 2 heterocycles. The van der Waals surface area contributed by atoms with E-state index in [0.717, 1.165) is 49.5 Å². The first-order valence-corrected chi connectivity index (χ1v) is 7.54. The second-order valence-corrected chi connectivity index (χ2v) is 5.55. The third-order valence-corrected chi connectivity index (χ3v) is 4.10. The number of carbonyl (C=O) groups is 1. The average Bonchev–Trinajstić information content (AvgIpc) is 2.54. The van der Waals surface area contributed by atoms with Crippen molar-refractivity contribution < 1.29 is 4.79 Å². The molecule has 1 aliphatic heterocycles. The number of nitrogens with zero attached hydrogens (tertiary/aromatic N) is 4. The van der Waals surface area contributed by atoms with Gasteiger partial charge in [-0.05, 0) is 19.1 Å². The van der Waals surface area contributed by atoms with Crippen LogP contribution in [0.15, 0.2) is 24.3 Å². The van der Waals surface area contributed by atoms with Crippen LogP contribution in [0.25, 0.3) is 0 Å². The zero-order valence-corrected chi connectivity index (χ0v) is 13.1. The van der Waals surface area contributed by atoms with Gasteiger partial charge in [0.15, 0.2) is 12.1 Å². The lowest BCUT2D eigenvalue weighted by molar-refractivity contribution is 0.112. The third-order valence-electron chi connectivity index (χ3n) is 4.10. The number of nitrogen functional groups attached to an aromatic ring is 2. The van der Waals surface area contributed by atoms with Crippen molar-refractivity contribution in [3.63, 3.8) is 0 Å². The Hall–Kier alpha value is -2.83. The average molecular weight is 312 g/mol. The van der Waals surface area contributed by atoms with E-state index in [2.05, 4.69) is 19.8 Å². The van der Waals surface area contributed by atoms with Gasteiger partial charge in [0.1, 0.15) is 5.69 Å². The Morgan fingerprint density at radius 1 is 1.04 bits per heavy atom. The summed E-state index contributed by atoms with van der Waals surface area (Å²) >= 11 is 0. The summed E-state index contributed by atoms with van der Waals surface area (Å²) < 4.78 is 0. The van der Waals surface area contributed by atoms with Gasteiger partial charge in [0.05, 0.1) is 5.69 Å². The van der Waals surface area contributed by atoms with Crippen molar-refractivity contribution in [3.8, 4) is 0 Å². The van der Waals surface area contributed by atoms with E-state index in [1.807, 2.05) is 31.2 Å². The van der Waals surface area contributed by atoms with E-state index in [-0.39, 0.29) is 5.95 Å². The summed E-state index contributed by atoms with van der Waals surface area (Å²) in [6.45, 7) is 5.05. The molecule has 1 fully saturated rings. The molecule has 1 aliphatic rings. The fourth-order valence-electron chi connectivity index (χ4n) is 3.05. The van der Waals surface area contributed by atoms with Crippen molar-refractivity contribution in [1.29, 1.82) is 0 Å². The molecule has 0 unspecified atom stereocenters. The maximum absolute atomic E-state index is 11.2. The van der Waals surface area contributed by atoms with Crippen LogP contribution >= 0.6 is 0 Å². The van der Waals surface area contributed by atoms with Gasteiger partial charge in [-0.3, -0.25) is 4.79 Å². The molecule has 120 valence electrons. The molecule has 2 aromatic rings. The lowest BCUT2D eigenvalue weighted by atomic mass is 10.1. The van der Waals surface area contributed by atoms with Gasteiger partial charge in [-0.25, -0.2) is 4.98 Å². The number of aldehydes is 1. The van der Waals surface area contributed by atoms with Crippen LogP contribution in [0, 0.1) is 6.92 Å². The molecule has 3 rings (SSSR count). The van der Waals surface area contributed by atoms with Crippen LogP contribution in [0.4, 0.5) is 23.1 Å². The van der Waals surface area contributed by atoms with E-state index < -0.39 is 0 Å². The van der Waals surface area contributed by atoms with E-state index in [0.29, 0.717) is 11.4 Å². The lowest BCUT2D eigenvalue weighted by Gasteiger charge is -2.38. The lowest BCUT2D eigenvalue weighted by Crippen LogP contribution is -2.47. The molecule has 0 spiro atoms. The Morgan fingerprint density at radius 2 is 1.70 bits per heavy atom. The zero-order valence-electron chi connectivity index (χ0n) is 13.1. The largest absolute Gasteiger partial charge is 0.382 e. The SMILES string of the molecule is Cc1nc(N)nc(N)c1N1CCN(c2ccccc2C=O)CC1. The van der Waals surface area contributed by atoms with Crippen molar-refractivity contribution in [2.75, 3.05) is 47.4 Å². The molecule has 7 heteroatoms. The zero-order chi connectivity index (χ0) is 16.4. The van der Waals surface area contributed by atoms with Crippen molar-refractivity contribution in [2.24, 2.45) is 0 Å². The molecule has 7 nitrogen and oxygen atoms in total. The maximum Gasteiger partial charge on any atom is 0.222 e. The Morgan fingerprint density at radius 3 is 2.35 bits per heavy atom. The number of aryl methyl sites for hydroxylation is 1. The Balaban J connectivity index is 1.78. The molecule has 1 aromatic heterocycles. The van der Waals surface area contributed by atoms with E-state index >= 15 is 0 Å². The van der Waals surface area contributed by atoms with Crippen molar-refractivity contribution in [2.45, 2.75) is 6.92 Å². The second-order valence-electron chi connectivity index (χ2n) is 5.55. The van der Waals surface area contributed by atoms with Gasteiger partial charge in [-0.2, -0.15) is 4.98 Å². The molecular weight excluding hydrogens is 292 g/mol. The number of carbonyl (C=O) groups excluding carboxylic acids is 1. The van der Waals surface area contributed by atoms with Crippen LogP contribution in [0.3, 0.4) is 0 Å². The molecule has 0 aliphatic carbocycles. The monoisotopic (exact) mass is 312 g/mol. The highest BCUT2D eigenvalue weighted by molar-refractivity contribution is 5.84. The predicted octanol–water partition coefficient (Wildman–Crippen LogP) is 1.09. The number of para-hydroxylation sites is 1. The molecular formula is C16H20N6O. The van der Waals surface area contributed by atoms with Crippen LogP contribution in [0.1, 0.15) is 16.1 Å². The summed E-state index contributed by atoms with van der Waals surface area (Å²) in [6, 6.07) is 7.64. The van der Waals surface area contributed by atoms with Crippen LogP contribution in [-0.2, 0) is 0 Å².